The van der Waals surface area contributed by atoms with Crippen LogP contribution in [0.4, 0.5) is 0 Å². The van der Waals surface area contributed by atoms with Crippen LogP contribution in [0.25, 0.3) is 11.2 Å². The first-order chi connectivity index (χ1) is 6.09. The molecule has 2 aromatic heterocycles. The predicted octanol–water partition coefficient (Wildman–Crippen LogP) is 0.618. The van der Waals surface area contributed by atoms with Gasteiger partial charge in [-0.2, -0.15) is 4.98 Å². The third-order valence-electron chi connectivity index (χ3n) is 1.90. The van der Waals surface area contributed by atoms with E-state index in [4.69, 9.17) is 11.6 Å². The summed E-state index contributed by atoms with van der Waals surface area (Å²) >= 11 is 5.63. The molecule has 5 nitrogen and oxygen atoms in total. The molecule has 0 fully saturated rings. The van der Waals surface area contributed by atoms with Crippen molar-refractivity contribution in [1.82, 2.24) is 19.5 Å². The zero-order chi connectivity index (χ0) is 9.59. The second-order valence-corrected chi connectivity index (χ2v) is 3.10. The van der Waals surface area contributed by atoms with Crippen LogP contribution in [0, 0.1) is 6.92 Å². The molecule has 2 aromatic rings. The fourth-order valence-corrected chi connectivity index (χ4v) is 1.52. The van der Waals surface area contributed by atoms with Crippen molar-refractivity contribution in [3.8, 4) is 0 Å². The molecule has 0 radical (unpaired) electrons. The van der Waals surface area contributed by atoms with Crippen LogP contribution in [0.2, 0.25) is 5.28 Å². The molecule has 0 saturated heterocycles. The number of H-pyrrole nitrogens is 1. The Labute approximate surface area is 78.4 Å². The first-order valence-corrected chi connectivity index (χ1v) is 4.06. The number of aryl methyl sites for hydroxylation is 2. The van der Waals surface area contributed by atoms with E-state index in [1.807, 2.05) is 0 Å². The molecule has 0 saturated carbocycles. The zero-order valence-corrected chi connectivity index (χ0v) is 7.88. The summed E-state index contributed by atoms with van der Waals surface area (Å²) < 4.78 is 1.46. The molecule has 0 spiro atoms. The SMILES string of the molecule is Cc1nc(Cl)nc2[nH]c(=O)n(C)c12. The van der Waals surface area contributed by atoms with E-state index in [1.54, 1.807) is 14.0 Å². The summed E-state index contributed by atoms with van der Waals surface area (Å²) in [4.78, 5) is 21.6. The lowest BCUT2D eigenvalue weighted by Gasteiger charge is -1.97. The van der Waals surface area contributed by atoms with Crippen molar-refractivity contribution >= 4 is 22.8 Å². The average molecular weight is 199 g/mol. The van der Waals surface area contributed by atoms with Gasteiger partial charge in [-0.25, -0.2) is 9.78 Å². The lowest BCUT2D eigenvalue weighted by Crippen LogP contribution is -2.12. The van der Waals surface area contributed by atoms with Gasteiger partial charge in [0.05, 0.1) is 5.69 Å². The maximum Gasteiger partial charge on any atom is 0.327 e. The summed E-state index contributed by atoms with van der Waals surface area (Å²) in [6, 6.07) is 0. The maximum absolute atomic E-state index is 11.2. The van der Waals surface area contributed by atoms with Gasteiger partial charge in [0, 0.05) is 7.05 Å². The molecule has 6 heteroatoms. The summed E-state index contributed by atoms with van der Waals surface area (Å²) in [5.41, 5.74) is 1.64. The molecule has 0 aliphatic heterocycles. The Morgan fingerprint density at radius 3 is 2.85 bits per heavy atom. The van der Waals surface area contributed by atoms with Gasteiger partial charge in [-0.1, -0.05) is 0 Å². The van der Waals surface area contributed by atoms with Crippen LogP contribution < -0.4 is 5.69 Å². The van der Waals surface area contributed by atoms with Crippen molar-refractivity contribution in [2.45, 2.75) is 6.92 Å². The summed E-state index contributed by atoms with van der Waals surface area (Å²) in [5, 5.41) is 0.145. The number of fused-ring (bicyclic) bond motifs is 1. The molecule has 0 amide bonds. The van der Waals surface area contributed by atoms with Crippen molar-refractivity contribution < 1.29 is 0 Å². The van der Waals surface area contributed by atoms with Gasteiger partial charge in [-0.3, -0.25) is 9.55 Å². The number of nitrogens with zero attached hydrogens (tertiary/aromatic N) is 3. The molecule has 0 aliphatic carbocycles. The van der Waals surface area contributed by atoms with E-state index < -0.39 is 0 Å². The summed E-state index contributed by atoms with van der Waals surface area (Å²) in [7, 11) is 1.66. The van der Waals surface area contributed by atoms with Gasteiger partial charge in [0.2, 0.25) is 5.28 Å². The van der Waals surface area contributed by atoms with Crippen LogP contribution >= 0.6 is 11.6 Å². The third kappa shape index (κ3) is 1.12. The van der Waals surface area contributed by atoms with Gasteiger partial charge in [0.15, 0.2) is 5.65 Å². The largest absolute Gasteiger partial charge is 0.327 e. The predicted molar refractivity (Wildman–Crippen MR) is 48.9 cm³/mol. The minimum absolute atomic E-state index is 0.145. The number of rotatable bonds is 0. The smallest absolute Gasteiger partial charge is 0.292 e. The molecular weight excluding hydrogens is 192 g/mol. The highest BCUT2D eigenvalue weighted by atomic mass is 35.5. The summed E-state index contributed by atoms with van der Waals surface area (Å²) in [6.07, 6.45) is 0. The highest BCUT2D eigenvalue weighted by Crippen LogP contribution is 2.12. The summed E-state index contributed by atoms with van der Waals surface area (Å²) in [5.74, 6) is 0. The second-order valence-electron chi connectivity index (χ2n) is 2.76. The number of aromatic amines is 1. The van der Waals surface area contributed by atoms with E-state index in [-0.39, 0.29) is 11.0 Å². The molecule has 0 atom stereocenters. The highest BCUT2D eigenvalue weighted by molar-refractivity contribution is 6.28. The molecular formula is C7H7ClN4O. The normalized spacial score (nSPS) is 11.0. The molecule has 68 valence electrons. The Kier molecular flexibility index (Phi) is 1.63. The Hall–Kier alpha value is -1.36. The van der Waals surface area contributed by atoms with Crippen LogP contribution in [-0.4, -0.2) is 19.5 Å². The van der Waals surface area contributed by atoms with E-state index >= 15 is 0 Å². The minimum Gasteiger partial charge on any atom is -0.292 e. The Morgan fingerprint density at radius 1 is 1.46 bits per heavy atom. The van der Waals surface area contributed by atoms with Crippen LogP contribution in [0.1, 0.15) is 5.69 Å². The van der Waals surface area contributed by atoms with E-state index in [0.29, 0.717) is 16.9 Å². The first kappa shape index (κ1) is 8.25. The Balaban J connectivity index is 3.03. The van der Waals surface area contributed by atoms with E-state index in [0.717, 1.165) is 0 Å². The van der Waals surface area contributed by atoms with Crippen LogP contribution in [0.3, 0.4) is 0 Å². The zero-order valence-electron chi connectivity index (χ0n) is 7.13. The lowest BCUT2D eigenvalue weighted by atomic mass is 10.4. The molecule has 0 aromatic carbocycles. The van der Waals surface area contributed by atoms with Gasteiger partial charge < -0.3 is 0 Å². The van der Waals surface area contributed by atoms with E-state index in [2.05, 4.69) is 15.0 Å². The number of aromatic nitrogens is 4. The van der Waals surface area contributed by atoms with Crippen LogP contribution in [-0.2, 0) is 7.05 Å². The summed E-state index contributed by atoms with van der Waals surface area (Å²) in [6.45, 7) is 1.78. The van der Waals surface area contributed by atoms with E-state index in [1.165, 1.54) is 4.57 Å². The van der Waals surface area contributed by atoms with Gasteiger partial charge in [0.1, 0.15) is 5.52 Å². The second kappa shape index (κ2) is 2.56. The Bertz CT molecular complexity index is 527. The van der Waals surface area contributed by atoms with Gasteiger partial charge in [0.25, 0.3) is 0 Å². The topological polar surface area (TPSA) is 63.6 Å². The van der Waals surface area contributed by atoms with Crippen molar-refractivity contribution in [2.24, 2.45) is 7.05 Å². The third-order valence-corrected chi connectivity index (χ3v) is 2.07. The number of imidazole rings is 1. The molecule has 13 heavy (non-hydrogen) atoms. The average Bonchev–Trinajstić information content (AvgIpc) is 2.27. The molecule has 2 heterocycles. The maximum atomic E-state index is 11.2. The van der Waals surface area contributed by atoms with E-state index in [9.17, 15) is 4.79 Å². The van der Waals surface area contributed by atoms with Gasteiger partial charge >= 0.3 is 5.69 Å². The van der Waals surface area contributed by atoms with Crippen LogP contribution in [0.5, 0.6) is 0 Å². The van der Waals surface area contributed by atoms with Crippen molar-refractivity contribution in [2.75, 3.05) is 0 Å². The van der Waals surface area contributed by atoms with Crippen molar-refractivity contribution in [3.63, 3.8) is 0 Å². The number of nitrogens with one attached hydrogen (secondary N) is 1. The van der Waals surface area contributed by atoms with Gasteiger partial charge in [-0.05, 0) is 18.5 Å². The number of hydrogen-bond donors (Lipinski definition) is 1. The number of hydrogen-bond acceptors (Lipinski definition) is 3. The molecule has 1 N–H and O–H groups in total. The molecule has 0 unspecified atom stereocenters. The van der Waals surface area contributed by atoms with Gasteiger partial charge in [-0.15, -0.1) is 0 Å². The quantitative estimate of drug-likeness (QED) is 0.632. The fourth-order valence-electron chi connectivity index (χ4n) is 1.31. The minimum atomic E-state index is -0.213. The standard InChI is InChI=1S/C7H7ClN4O/c1-3-4-5(10-6(8)9-3)11-7(13)12(4)2/h1-2H3,(H,9,10,11,13). The first-order valence-electron chi connectivity index (χ1n) is 3.68. The molecule has 2 rings (SSSR count). The highest BCUT2D eigenvalue weighted by Gasteiger charge is 2.09. The lowest BCUT2D eigenvalue weighted by molar-refractivity contribution is 0.885. The van der Waals surface area contributed by atoms with Crippen molar-refractivity contribution in [3.05, 3.63) is 21.5 Å². The fraction of sp³-hybridized carbons (Fsp3) is 0.286. The van der Waals surface area contributed by atoms with Crippen LogP contribution in [0.15, 0.2) is 4.79 Å². The Morgan fingerprint density at radius 2 is 2.15 bits per heavy atom. The molecule has 0 bridgehead atoms. The van der Waals surface area contributed by atoms with Crippen molar-refractivity contribution in [1.29, 1.82) is 0 Å². The molecule has 0 aliphatic rings. The number of halogens is 1. The monoisotopic (exact) mass is 198 g/mol.